The first-order valence-electron chi connectivity index (χ1n) is 8.22. The molecule has 0 radical (unpaired) electrons. The zero-order valence-corrected chi connectivity index (χ0v) is 14.6. The van der Waals surface area contributed by atoms with Gasteiger partial charge in [0.1, 0.15) is 5.75 Å². The van der Waals surface area contributed by atoms with Crippen LogP contribution in [-0.4, -0.2) is 44.1 Å². The van der Waals surface area contributed by atoms with E-state index in [1.54, 1.807) is 4.90 Å². The van der Waals surface area contributed by atoms with E-state index in [2.05, 4.69) is 10.6 Å². The highest BCUT2D eigenvalue weighted by Crippen LogP contribution is 2.33. The SMILES string of the molecule is CCOc1ccccc1N1CC(C(=O)NC2CCNC2)CC1=O.Cl. The van der Waals surface area contributed by atoms with Crippen LogP contribution in [0, 0.1) is 5.92 Å². The summed E-state index contributed by atoms with van der Waals surface area (Å²) in [6.07, 6.45) is 1.20. The van der Waals surface area contributed by atoms with Crippen LogP contribution < -0.4 is 20.3 Å². The Hall–Kier alpha value is -1.79. The molecule has 0 bridgehead atoms. The fraction of sp³-hybridized carbons (Fsp3) is 0.529. The van der Waals surface area contributed by atoms with Gasteiger partial charge in [-0.1, -0.05) is 12.1 Å². The van der Waals surface area contributed by atoms with Crippen LogP contribution in [0.15, 0.2) is 24.3 Å². The number of benzene rings is 1. The van der Waals surface area contributed by atoms with Crippen LogP contribution in [-0.2, 0) is 9.59 Å². The van der Waals surface area contributed by atoms with Gasteiger partial charge in [0, 0.05) is 25.6 Å². The third-order valence-electron chi connectivity index (χ3n) is 4.36. The van der Waals surface area contributed by atoms with Gasteiger partial charge in [-0.05, 0) is 32.0 Å². The first-order valence-corrected chi connectivity index (χ1v) is 8.22. The smallest absolute Gasteiger partial charge is 0.227 e. The van der Waals surface area contributed by atoms with Gasteiger partial charge in [-0.25, -0.2) is 0 Å². The van der Waals surface area contributed by atoms with E-state index in [4.69, 9.17) is 4.74 Å². The molecule has 0 aliphatic carbocycles. The van der Waals surface area contributed by atoms with Gasteiger partial charge in [0.2, 0.25) is 11.8 Å². The molecular formula is C17H24ClN3O3. The largest absolute Gasteiger partial charge is 0.492 e. The Morgan fingerprint density at radius 3 is 2.92 bits per heavy atom. The molecule has 0 saturated carbocycles. The van der Waals surface area contributed by atoms with Gasteiger partial charge in [0.25, 0.3) is 0 Å². The molecule has 24 heavy (non-hydrogen) atoms. The van der Waals surface area contributed by atoms with Gasteiger partial charge >= 0.3 is 0 Å². The van der Waals surface area contributed by atoms with Crippen molar-refractivity contribution >= 4 is 29.9 Å². The molecule has 6 nitrogen and oxygen atoms in total. The maximum absolute atomic E-state index is 12.4. The Kier molecular flexibility index (Phi) is 6.45. The lowest BCUT2D eigenvalue weighted by atomic mass is 10.1. The van der Waals surface area contributed by atoms with Crippen molar-refractivity contribution in [3.05, 3.63) is 24.3 Å². The Balaban J connectivity index is 0.00000208. The van der Waals surface area contributed by atoms with Gasteiger partial charge in [-0.2, -0.15) is 0 Å². The fourth-order valence-corrected chi connectivity index (χ4v) is 3.17. The predicted molar refractivity (Wildman–Crippen MR) is 94.7 cm³/mol. The number of amides is 2. The average molecular weight is 354 g/mol. The summed E-state index contributed by atoms with van der Waals surface area (Å²) in [6.45, 7) is 4.60. The van der Waals surface area contributed by atoms with Crippen LogP contribution >= 0.6 is 12.4 Å². The van der Waals surface area contributed by atoms with E-state index >= 15 is 0 Å². The average Bonchev–Trinajstić information content (AvgIpc) is 3.18. The molecule has 2 heterocycles. The standard InChI is InChI=1S/C17H23N3O3.ClH/c1-2-23-15-6-4-3-5-14(15)20-11-12(9-16(20)21)17(22)19-13-7-8-18-10-13;/h3-6,12-13,18H,2,7-11H2,1H3,(H,19,22);1H. The number of carbonyl (C=O) groups is 2. The zero-order valence-electron chi connectivity index (χ0n) is 13.8. The molecule has 0 spiro atoms. The first kappa shape index (κ1) is 18.5. The highest BCUT2D eigenvalue weighted by molar-refractivity contribution is 6.01. The van der Waals surface area contributed by atoms with E-state index < -0.39 is 0 Å². The van der Waals surface area contributed by atoms with Gasteiger partial charge in [0.15, 0.2) is 0 Å². The minimum atomic E-state index is -0.294. The van der Waals surface area contributed by atoms with Crippen molar-refractivity contribution < 1.29 is 14.3 Å². The van der Waals surface area contributed by atoms with E-state index in [0.717, 1.165) is 25.2 Å². The molecule has 2 atom stereocenters. The number of halogens is 1. The van der Waals surface area contributed by atoms with Crippen LogP contribution in [0.3, 0.4) is 0 Å². The molecule has 2 aliphatic rings. The van der Waals surface area contributed by atoms with Crippen molar-refractivity contribution in [2.75, 3.05) is 31.1 Å². The molecule has 2 saturated heterocycles. The number of hydrogen-bond donors (Lipinski definition) is 2. The van der Waals surface area contributed by atoms with Gasteiger partial charge < -0.3 is 20.3 Å². The summed E-state index contributed by atoms with van der Waals surface area (Å²) >= 11 is 0. The summed E-state index contributed by atoms with van der Waals surface area (Å²) < 4.78 is 5.60. The second-order valence-corrected chi connectivity index (χ2v) is 6.00. The summed E-state index contributed by atoms with van der Waals surface area (Å²) in [4.78, 5) is 26.4. The second-order valence-electron chi connectivity index (χ2n) is 6.00. The number of carbonyl (C=O) groups excluding carboxylic acids is 2. The molecule has 2 aliphatic heterocycles. The third-order valence-corrected chi connectivity index (χ3v) is 4.36. The Morgan fingerprint density at radius 2 is 2.21 bits per heavy atom. The molecule has 7 heteroatoms. The molecular weight excluding hydrogens is 330 g/mol. The topological polar surface area (TPSA) is 70.7 Å². The summed E-state index contributed by atoms with van der Waals surface area (Å²) in [5, 5.41) is 6.27. The van der Waals surface area contributed by atoms with Crippen molar-refractivity contribution in [1.29, 1.82) is 0 Å². The summed E-state index contributed by atoms with van der Waals surface area (Å²) in [5.41, 5.74) is 0.747. The molecule has 2 amide bonds. The van der Waals surface area contributed by atoms with Gasteiger partial charge in [0.05, 0.1) is 18.2 Å². The maximum Gasteiger partial charge on any atom is 0.227 e. The quantitative estimate of drug-likeness (QED) is 0.838. The number of nitrogens with one attached hydrogen (secondary N) is 2. The Morgan fingerprint density at radius 1 is 1.42 bits per heavy atom. The van der Waals surface area contributed by atoms with Crippen LogP contribution in [0.1, 0.15) is 19.8 Å². The van der Waals surface area contributed by atoms with E-state index in [1.165, 1.54) is 0 Å². The van der Waals surface area contributed by atoms with Crippen molar-refractivity contribution in [3.63, 3.8) is 0 Å². The molecule has 1 aromatic rings. The number of nitrogens with zero attached hydrogens (tertiary/aromatic N) is 1. The van der Waals surface area contributed by atoms with Gasteiger partial charge in [-0.3, -0.25) is 9.59 Å². The van der Waals surface area contributed by atoms with Gasteiger partial charge in [-0.15, -0.1) is 12.4 Å². The zero-order chi connectivity index (χ0) is 16.2. The summed E-state index contributed by atoms with van der Waals surface area (Å²) in [6, 6.07) is 7.66. The minimum absolute atomic E-state index is 0. The van der Waals surface area contributed by atoms with Crippen molar-refractivity contribution in [2.45, 2.75) is 25.8 Å². The lowest BCUT2D eigenvalue weighted by molar-refractivity contribution is -0.126. The number of hydrogen-bond acceptors (Lipinski definition) is 4. The molecule has 2 fully saturated rings. The van der Waals surface area contributed by atoms with Crippen molar-refractivity contribution in [1.82, 2.24) is 10.6 Å². The van der Waals surface area contributed by atoms with Crippen molar-refractivity contribution in [3.8, 4) is 5.75 Å². The lowest BCUT2D eigenvalue weighted by Crippen LogP contribution is -2.40. The van der Waals surface area contributed by atoms with E-state index in [9.17, 15) is 9.59 Å². The molecule has 0 aromatic heterocycles. The number of ether oxygens (including phenoxy) is 1. The molecule has 3 rings (SSSR count). The van der Waals surface area contributed by atoms with E-state index in [0.29, 0.717) is 18.9 Å². The number of para-hydroxylation sites is 2. The highest BCUT2D eigenvalue weighted by Gasteiger charge is 2.37. The summed E-state index contributed by atoms with van der Waals surface area (Å²) in [7, 11) is 0. The monoisotopic (exact) mass is 353 g/mol. The van der Waals surface area contributed by atoms with E-state index in [1.807, 2.05) is 31.2 Å². The third kappa shape index (κ3) is 3.99. The molecule has 2 N–H and O–H groups in total. The highest BCUT2D eigenvalue weighted by atomic mass is 35.5. The molecule has 132 valence electrons. The number of anilines is 1. The Labute approximate surface area is 148 Å². The Bertz CT molecular complexity index is 590. The fourth-order valence-electron chi connectivity index (χ4n) is 3.17. The normalized spacial score (nSPS) is 23.0. The molecule has 2 unspecified atom stereocenters. The van der Waals surface area contributed by atoms with Crippen LogP contribution in [0.4, 0.5) is 5.69 Å². The molecule has 1 aromatic carbocycles. The first-order chi connectivity index (χ1) is 11.2. The van der Waals surface area contributed by atoms with Crippen LogP contribution in [0.5, 0.6) is 5.75 Å². The lowest BCUT2D eigenvalue weighted by Gasteiger charge is -2.20. The van der Waals surface area contributed by atoms with E-state index in [-0.39, 0.29) is 42.6 Å². The minimum Gasteiger partial charge on any atom is -0.492 e. The predicted octanol–water partition coefficient (Wildman–Crippen LogP) is 1.34. The maximum atomic E-state index is 12.4. The van der Waals surface area contributed by atoms with Crippen molar-refractivity contribution in [2.24, 2.45) is 5.92 Å². The number of rotatable bonds is 5. The van der Waals surface area contributed by atoms with Crippen LogP contribution in [0.2, 0.25) is 0 Å². The van der Waals surface area contributed by atoms with Crippen LogP contribution in [0.25, 0.3) is 0 Å². The second kappa shape index (κ2) is 8.35. The summed E-state index contributed by atoms with van der Waals surface area (Å²) in [5.74, 6) is 0.340.